The van der Waals surface area contributed by atoms with Crippen LogP contribution in [0.5, 0.6) is 0 Å². The first-order valence-electron chi connectivity index (χ1n) is 5.09. The maximum atomic E-state index is 5.92. The number of nitrogens with one attached hydrogen (secondary N) is 1. The Morgan fingerprint density at radius 3 is 2.71 bits per heavy atom. The molecule has 1 nitrogen and oxygen atoms in total. The van der Waals surface area contributed by atoms with E-state index >= 15 is 0 Å². The molecular weight excluding hydrogens is 194 g/mol. The fourth-order valence-electron chi connectivity index (χ4n) is 1.28. The molecule has 0 spiro atoms. The molecule has 0 aromatic heterocycles. The van der Waals surface area contributed by atoms with Gasteiger partial charge in [-0.3, -0.25) is 0 Å². The zero-order valence-corrected chi connectivity index (χ0v) is 9.86. The molecule has 78 valence electrons. The van der Waals surface area contributed by atoms with Crippen molar-refractivity contribution in [3.05, 3.63) is 28.8 Å². The van der Waals surface area contributed by atoms with Crippen molar-refractivity contribution in [3.8, 4) is 0 Å². The van der Waals surface area contributed by atoms with Gasteiger partial charge in [-0.05, 0) is 37.0 Å². The number of benzene rings is 1. The predicted octanol–water partition coefficient (Wildman–Crippen LogP) is 4.11. The number of hydrogen-bond donors (Lipinski definition) is 1. The summed E-state index contributed by atoms with van der Waals surface area (Å²) in [6, 6.07) is 5.95. The lowest BCUT2D eigenvalue weighted by atomic mass is 10.1. The Bertz CT molecular complexity index is 294. The molecule has 0 fully saturated rings. The van der Waals surface area contributed by atoms with Crippen LogP contribution in [0.2, 0.25) is 5.02 Å². The first kappa shape index (κ1) is 11.4. The summed E-state index contributed by atoms with van der Waals surface area (Å²) < 4.78 is 0. The van der Waals surface area contributed by atoms with Crippen molar-refractivity contribution in [3.63, 3.8) is 0 Å². The van der Waals surface area contributed by atoms with Crippen LogP contribution in [-0.4, -0.2) is 6.54 Å². The third kappa shape index (κ3) is 3.59. The van der Waals surface area contributed by atoms with E-state index in [1.54, 1.807) is 0 Å². The molecule has 0 heterocycles. The van der Waals surface area contributed by atoms with Crippen LogP contribution in [0.3, 0.4) is 0 Å². The van der Waals surface area contributed by atoms with Crippen molar-refractivity contribution in [2.75, 3.05) is 11.9 Å². The second-order valence-electron chi connectivity index (χ2n) is 4.07. The van der Waals surface area contributed by atoms with Gasteiger partial charge in [0.15, 0.2) is 0 Å². The Labute approximate surface area is 91.5 Å². The Morgan fingerprint density at radius 2 is 2.07 bits per heavy atom. The Hall–Kier alpha value is -0.690. The minimum absolute atomic E-state index is 0.738. The van der Waals surface area contributed by atoms with Crippen molar-refractivity contribution >= 4 is 17.3 Å². The summed E-state index contributed by atoms with van der Waals surface area (Å²) in [6.07, 6.45) is 1.19. The fourth-order valence-corrected chi connectivity index (χ4v) is 1.45. The van der Waals surface area contributed by atoms with E-state index in [1.165, 1.54) is 12.0 Å². The summed E-state index contributed by atoms with van der Waals surface area (Å²) >= 11 is 5.92. The summed E-state index contributed by atoms with van der Waals surface area (Å²) in [7, 11) is 0. The third-order valence-corrected chi connectivity index (χ3v) is 2.47. The molecule has 1 N–H and O–H groups in total. The van der Waals surface area contributed by atoms with Gasteiger partial charge < -0.3 is 5.32 Å². The van der Waals surface area contributed by atoms with Gasteiger partial charge in [0.1, 0.15) is 0 Å². The fraction of sp³-hybridized carbons (Fsp3) is 0.500. The molecule has 0 saturated heterocycles. The highest BCUT2D eigenvalue weighted by molar-refractivity contribution is 6.30. The van der Waals surface area contributed by atoms with Crippen LogP contribution in [0.4, 0.5) is 5.69 Å². The highest BCUT2D eigenvalue weighted by Crippen LogP contribution is 2.20. The molecule has 1 rings (SSSR count). The van der Waals surface area contributed by atoms with Crippen molar-refractivity contribution in [1.82, 2.24) is 0 Å². The number of aryl methyl sites for hydroxylation is 1. The van der Waals surface area contributed by atoms with Gasteiger partial charge in [-0.2, -0.15) is 0 Å². The molecule has 0 atom stereocenters. The van der Waals surface area contributed by atoms with Gasteiger partial charge >= 0.3 is 0 Å². The number of anilines is 1. The van der Waals surface area contributed by atoms with Crippen LogP contribution in [0.15, 0.2) is 18.2 Å². The van der Waals surface area contributed by atoms with Gasteiger partial charge in [-0.25, -0.2) is 0 Å². The van der Waals surface area contributed by atoms with E-state index in [1.807, 2.05) is 18.2 Å². The van der Waals surface area contributed by atoms with Gasteiger partial charge in [0.2, 0.25) is 0 Å². The molecule has 0 aliphatic carbocycles. The molecule has 0 aliphatic rings. The summed E-state index contributed by atoms with van der Waals surface area (Å²) in [5, 5.41) is 4.19. The van der Waals surface area contributed by atoms with E-state index in [-0.39, 0.29) is 0 Å². The lowest BCUT2D eigenvalue weighted by Crippen LogP contribution is -2.05. The molecule has 0 bridgehead atoms. The number of hydrogen-bond acceptors (Lipinski definition) is 1. The van der Waals surface area contributed by atoms with Gasteiger partial charge in [0.25, 0.3) is 0 Å². The molecule has 0 radical (unpaired) electrons. The predicted molar refractivity (Wildman–Crippen MR) is 64.1 cm³/mol. The summed E-state index contributed by atoms with van der Waals surface area (Å²) in [4.78, 5) is 0. The van der Waals surface area contributed by atoms with E-state index < -0.39 is 0 Å². The molecule has 0 unspecified atom stereocenters. The first-order chi connectivity index (χ1) is 6.59. The molecule has 14 heavy (non-hydrogen) atoms. The van der Waals surface area contributed by atoms with Crippen molar-refractivity contribution in [2.45, 2.75) is 27.2 Å². The monoisotopic (exact) mass is 211 g/mol. The summed E-state index contributed by atoms with van der Waals surface area (Å²) in [5.74, 6) is 0.738. The molecule has 0 saturated carbocycles. The Kier molecular flexibility index (Phi) is 4.27. The van der Waals surface area contributed by atoms with Crippen LogP contribution in [0.25, 0.3) is 0 Å². The molecule has 0 amide bonds. The smallest absolute Gasteiger partial charge is 0.0426 e. The van der Waals surface area contributed by atoms with Crippen molar-refractivity contribution in [1.29, 1.82) is 0 Å². The van der Waals surface area contributed by atoms with E-state index in [9.17, 15) is 0 Å². The number of halogens is 1. The zero-order valence-electron chi connectivity index (χ0n) is 9.10. The maximum absolute atomic E-state index is 5.92. The lowest BCUT2D eigenvalue weighted by Gasteiger charge is -2.11. The van der Waals surface area contributed by atoms with Gasteiger partial charge in [-0.15, -0.1) is 0 Å². The Morgan fingerprint density at radius 1 is 1.36 bits per heavy atom. The largest absolute Gasteiger partial charge is 0.385 e. The molecule has 0 aliphatic heterocycles. The second kappa shape index (κ2) is 5.26. The van der Waals surface area contributed by atoms with Crippen molar-refractivity contribution in [2.24, 2.45) is 5.92 Å². The van der Waals surface area contributed by atoms with Crippen LogP contribution in [0, 0.1) is 12.8 Å². The average molecular weight is 212 g/mol. The minimum Gasteiger partial charge on any atom is -0.385 e. The SMILES string of the molecule is Cc1ccc(Cl)cc1NCCC(C)C. The zero-order chi connectivity index (χ0) is 10.6. The van der Waals surface area contributed by atoms with Crippen LogP contribution >= 0.6 is 11.6 Å². The minimum atomic E-state index is 0.738. The molecule has 2 heteroatoms. The summed E-state index contributed by atoms with van der Waals surface area (Å²) in [5.41, 5.74) is 2.40. The first-order valence-corrected chi connectivity index (χ1v) is 5.47. The highest BCUT2D eigenvalue weighted by atomic mass is 35.5. The molecular formula is C12H18ClN. The van der Waals surface area contributed by atoms with Crippen LogP contribution < -0.4 is 5.32 Å². The van der Waals surface area contributed by atoms with Crippen molar-refractivity contribution < 1.29 is 0 Å². The highest BCUT2D eigenvalue weighted by Gasteiger charge is 1.99. The molecule has 1 aromatic carbocycles. The molecule has 1 aromatic rings. The van der Waals surface area contributed by atoms with Gasteiger partial charge in [-0.1, -0.05) is 31.5 Å². The second-order valence-corrected chi connectivity index (χ2v) is 4.50. The normalized spacial score (nSPS) is 10.6. The lowest BCUT2D eigenvalue weighted by molar-refractivity contribution is 0.607. The Balaban J connectivity index is 2.53. The van der Waals surface area contributed by atoms with Crippen LogP contribution in [-0.2, 0) is 0 Å². The quantitative estimate of drug-likeness (QED) is 0.791. The van der Waals surface area contributed by atoms with Gasteiger partial charge in [0.05, 0.1) is 0 Å². The standard InChI is InChI=1S/C12H18ClN/c1-9(2)6-7-14-12-8-11(13)5-4-10(12)3/h4-5,8-9,14H,6-7H2,1-3H3. The maximum Gasteiger partial charge on any atom is 0.0426 e. The van der Waals surface area contributed by atoms with Crippen LogP contribution in [0.1, 0.15) is 25.8 Å². The third-order valence-electron chi connectivity index (χ3n) is 2.24. The summed E-state index contributed by atoms with van der Waals surface area (Å²) in [6.45, 7) is 7.56. The average Bonchev–Trinajstić information content (AvgIpc) is 2.10. The van der Waals surface area contributed by atoms with E-state index in [4.69, 9.17) is 11.6 Å². The van der Waals surface area contributed by atoms with E-state index in [0.717, 1.165) is 23.2 Å². The van der Waals surface area contributed by atoms with Gasteiger partial charge in [0, 0.05) is 17.3 Å². The van der Waals surface area contributed by atoms with E-state index in [2.05, 4.69) is 26.1 Å². The van der Waals surface area contributed by atoms with E-state index in [0.29, 0.717) is 0 Å². The topological polar surface area (TPSA) is 12.0 Å². The number of rotatable bonds is 4.